The first-order valence-electron chi connectivity index (χ1n) is 10.3. The summed E-state index contributed by atoms with van der Waals surface area (Å²) in [6.45, 7) is 2.79. The Morgan fingerprint density at radius 2 is 1.69 bits per heavy atom. The van der Waals surface area contributed by atoms with Gasteiger partial charge in [0.1, 0.15) is 12.4 Å². The largest absolute Gasteiger partial charge is 0.493 e. The minimum absolute atomic E-state index is 0.200. The standard InChI is InChI=1S/C26H23NO5/c1-3-30-22-12-8-7-11-20(22)25-27-21(26(28)32-25)15-19-13-14-23(29-2)24(16-19)31-17-18-9-5-4-6-10-18/h4-16H,3,17H2,1-2H3/b21-15-. The van der Waals surface area contributed by atoms with Gasteiger partial charge in [-0.2, -0.15) is 0 Å². The van der Waals surface area contributed by atoms with E-state index in [9.17, 15) is 4.79 Å². The molecule has 0 fully saturated rings. The highest BCUT2D eigenvalue weighted by atomic mass is 16.6. The van der Waals surface area contributed by atoms with Gasteiger partial charge in [0, 0.05) is 0 Å². The fourth-order valence-corrected chi connectivity index (χ4v) is 3.24. The Labute approximate surface area is 186 Å². The monoisotopic (exact) mass is 429 g/mol. The first kappa shape index (κ1) is 21.2. The fraction of sp³-hybridized carbons (Fsp3) is 0.154. The van der Waals surface area contributed by atoms with E-state index in [2.05, 4.69) is 4.99 Å². The van der Waals surface area contributed by atoms with Crippen LogP contribution in [-0.2, 0) is 16.1 Å². The first-order valence-corrected chi connectivity index (χ1v) is 10.3. The van der Waals surface area contributed by atoms with Crippen LogP contribution >= 0.6 is 0 Å². The maximum absolute atomic E-state index is 12.4. The Balaban J connectivity index is 1.59. The van der Waals surface area contributed by atoms with Crippen molar-refractivity contribution < 1.29 is 23.7 Å². The molecule has 4 rings (SSSR count). The molecule has 0 saturated carbocycles. The summed E-state index contributed by atoms with van der Waals surface area (Å²) >= 11 is 0. The second kappa shape index (κ2) is 9.83. The zero-order valence-electron chi connectivity index (χ0n) is 17.9. The summed E-state index contributed by atoms with van der Waals surface area (Å²) in [5, 5.41) is 0. The third kappa shape index (κ3) is 4.81. The predicted octanol–water partition coefficient (Wildman–Crippen LogP) is 5.02. The van der Waals surface area contributed by atoms with Crippen molar-refractivity contribution in [3.05, 3.63) is 95.2 Å². The molecule has 162 valence electrons. The Kier molecular flexibility index (Phi) is 6.51. The maximum Gasteiger partial charge on any atom is 0.363 e. The topological polar surface area (TPSA) is 66.3 Å². The number of methoxy groups -OCH3 is 1. The van der Waals surface area contributed by atoms with Crippen LogP contribution in [0.2, 0.25) is 0 Å². The van der Waals surface area contributed by atoms with Crippen LogP contribution in [0.5, 0.6) is 17.2 Å². The molecule has 3 aromatic rings. The van der Waals surface area contributed by atoms with Crippen LogP contribution in [0.3, 0.4) is 0 Å². The number of para-hydroxylation sites is 1. The molecule has 0 unspecified atom stereocenters. The summed E-state index contributed by atoms with van der Waals surface area (Å²) in [6.07, 6.45) is 1.66. The van der Waals surface area contributed by atoms with Gasteiger partial charge in [0.25, 0.3) is 0 Å². The van der Waals surface area contributed by atoms with Crippen molar-refractivity contribution in [3.8, 4) is 17.2 Å². The molecule has 1 aliphatic rings. The van der Waals surface area contributed by atoms with Crippen LogP contribution in [0, 0.1) is 0 Å². The molecule has 0 saturated heterocycles. The molecular weight excluding hydrogens is 406 g/mol. The number of cyclic esters (lactones) is 1. The molecule has 0 bridgehead atoms. The van der Waals surface area contributed by atoms with Gasteiger partial charge in [0.05, 0.1) is 19.3 Å². The van der Waals surface area contributed by atoms with E-state index in [4.69, 9.17) is 18.9 Å². The summed E-state index contributed by atoms with van der Waals surface area (Å²) < 4.78 is 22.4. The summed E-state index contributed by atoms with van der Waals surface area (Å²) in [5.74, 6) is 1.49. The quantitative estimate of drug-likeness (QED) is 0.372. The van der Waals surface area contributed by atoms with Gasteiger partial charge in [0.15, 0.2) is 17.2 Å². The number of hydrogen-bond acceptors (Lipinski definition) is 6. The van der Waals surface area contributed by atoms with Gasteiger partial charge < -0.3 is 18.9 Å². The summed E-state index contributed by atoms with van der Waals surface area (Å²) in [5.41, 5.74) is 2.61. The van der Waals surface area contributed by atoms with Gasteiger partial charge in [-0.15, -0.1) is 0 Å². The van der Waals surface area contributed by atoms with Gasteiger partial charge in [0.2, 0.25) is 5.90 Å². The van der Waals surface area contributed by atoms with Crippen molar-refractivity contribution in [2.45, 2.75) is 13.5 Å². The molecule has 1 heterocycles. The number of rotatable bonds is 8. The zero-order valence-corrected chi connectivity index (χ0v) is 17.9. The van der Waals surface area contributed by atoms with Crippen molar-refractivity contribution >= 4 is 17.9 Å². The third-order valence-electron chi connectivity index (χ3n) is 4.77. The normalized spacial score (nSPS) is 14.1. The van der Waals surface area contributed by atoms with Crippen molar-refractivity contribution in [2.24, 2.45) is 4.99 Å². The Bertz CT molecular complexity index is 1170. The van der Waals surface area contributed by atoms with E-state index in [1.54, 1.807) is 19.3 Å². The van der Waals surface area contributed by atoms with Crippen LogP contribution in [0.25, 0.3) is 6.08 Å². The lowest BCUT2D eigenvalue weighted by Crippen LogP contribution is -2.07. The number of aliphatic imine (C=N–C) groups is 1. The predicted molar refractivity (Wildman–Crippen MR) is 122 cm³/mol. The maximum atomic E-state index is 12.4. The number of esters is 1. The van der Waals surface area contributed by atoms with Crippen molar-refractivity contribution in [1.82, 2.24) is 0 Å². The number of benzene rings is 3. The Hall–Kier alpha value is -4.06. The second-order valence-corrected chi connectivity index (χ2v) is 6.95. The van der Waals surface area contributed by atoms with E-state index in [0.717, 1.165) is 11.1 Å². The van der Waals surface area contributed by atoms with E-state index in [1.165, 1.54) is 0 Å². The Morgan fingerprint density at radius 1 is 0.906 bits per heavy atom. The highest BCUT2D eigenvalue weighted by Crippen LogP contribution is 2.31. The average molecular weight is 429 g/mol. The highest BCUT2D eigenvalue weighted by molar-refractivity contribution is 6.13. The van der Waals surface area contributed by atoms with E-state index in [-0.39, 0.29) is 11.6 Å². The number of carbonyl (C=O) groups excluding carboxylic acids is 1. The number of nitrogens with zero attached hydrogens (tertiary/aromatic N) is 1. The first-order chi connectivity index (χ1) is 15.7. The van der Waals surface area contributed by atoms with Gasteiger partial charge >= 0.3 is 5.97 Å². The molecule has 32 heavy (non-hydrogen) atoms. The molecule has 6 nitrogen and oxygen atoms in total. The van der Waals surface area contributed by atoms with Crippen LogP contribution in [-0.4, -0.2) is 25.6 Å². The van der Waals surface area contributed by atoms with Crippen LogP contribution in [0.4, 0.5) is 0 Å². The van der Waals surface area contributed by atoms with E-state index in [1.807, 2.05) is 73.7 Å². The van der Waals surface area contributed by atoms with Crippen LogP contribution < -0.4 is 14.2 Å². The molecule has 0 aliphatic carbocycles. The molecule has 3 aromatic carbocycles. The molecule has 0 aromatic heterocycles. The molecule has 6 heteroatoms. The smallest absolute Gasteiger partial charge is 0.363 e. The zero-order chi connectivity index (χ0) is 22.3. The van der Waals surface area contributed by atoms with Crippen molar-refractivity contribution in [1.29, 1.82) is 0 Å². The number of hydrogen-bond donors (Lipinski definition) is 0. The SMILES string of the molecule is CCOc1ccccc1C1=N/C(=C\c2ccc(OC)c(OCc3ccccc3)c2)C(=O)O1. The van der Waals surface area contributed by atoms with Gasteiger partial charge in [-0.25, -0.2) is 9.79 Å². The minimum Gasteiger partial charge on any atom is -0.493 e. The minimum atomic E-state index is -0.520. The summed E-state index contributed by atoms with van der Waals surface area (Å²) in [7, 11) is 1.59. The Morgan fingerprint density at radius 3 is 2.47 bits per heavy atom. The van der Waals surface area contributed by atoms with Gasteiger partial charge in [-0.3, -0.25) is 0 Å². The molecule has 0 amide bonds. The summed E-state index contributed by atoms with van der Waals surface area (Å²) in [6, 6.07) is 22.6. The lowest BCUT2D eigenvalue weighted by atomic mass is 10.1. The number of ether oxygens (including phenoxy) is 4. The lowest BCUT2D eigenvalue weighted by molar-refractivity contribution is -0.129. The average Bonchev–Trinajstić information content (AvgIpc) is 3.19. The molecule has 0 spiro atoms. The number of carbonyl (C=O) groups is 1. The van der Waals surface area contributed by atoms with E-state index >= 15 is 0 Å². The van der Waals surface area contributed by atoms with Gasteiger partial charge in [-0.1, -0.05) is 48.5 Å². The third-order valence-corrected chi connectivity index (χ3v) is 4.77. The van der Waals surface area contributed by atoms with Crippen LogP contribution in [0.1, 0.15) is 23.6 Å². The van der Waals surface area contributed by atoms with Crippen molar-refractivity contribution in [2.75, 3.05) is 13.7 Å². The molecule has 0 radical (unpaired) electrons. The second-order valence-electron chi connectivity index (χ2n) is 6.95. The molecular formula is C26H23NO5. The molecule has 0 atom stereocenters. The van der Waals surface area contributed by atoms with E-state index in [0.29, 0.717) is 36.0 Å². The van der Waals surface area contributed by atoms with Crippen LogP contribution in [0.15, 0.2) is 83.5 Å². The summed E-state index contributed by atoms with van der Waals surface area (Å²) in [4.78, 5) is 16.8. The van der Waals surface area contributed by atoms with E-state index < -0.39 is 5.97 Å². The fourth-order valence-electron chi connectivity index (χ4n) is 3.24. The van der Waals surface area contributed by atoms with Crippen molar-refractivity contribution in [3.63, 3.8) is 0 Å². The highest BCUT2D eigenvalue weighted by Gasteiger charge is 2.26. The van der Waals surface area contributed by atoms with Gasteiger partial charge in [-0.05, 0) is 48.4 Å². The lowest BCUT2D eigenvalue weighted by Gasteiger charge is -2.11. The molecule has 0 N–H and O–H groups in total. The molecule has 1 aliphatic heterocycles.